The Kier molecular flexibility index (Phi) is 6.45. The van der Waals surface area contributed by atoms with Crippen molar-refractivity contribution in [1.82, 2.24) is 5.43 Å². The zero-order chi connectivity index (χ0) is 23.2. The smallest absolute Gasteiger partial charge is 0.271 e. The van der Waals surface area contributed by atoms with E-state index in [1.807, 2.05) is 61.5 Å². The quantitative estimate of drug-likeness (QED) is 0.322. The lowest BCUT2D eigenvalue weighted by Gasteiger charge is -2.09. The fourth-order valence-electron chi connectivity index (χ4n) is 3.54. The number of aryl methyl sites for hydroxylation is 1. The topological polar surface area (TPSA) is 79.8 Å². The Balaban J connectivity index is 1.44. The summed E-state index contributed by atoms with van der Waals surface area (Å²) in [5, 5.41) is 8.99. The van der Waals surface area contributed by atoms with Crippen LogP contribution in [0.1, 0.15) is 31.8 Å². The number of hydrogen-bond acceptors (Lipinski definition) is 4. The minimum Gasteiger partial charge on any atom is -0.496 e. The van der Waals surface area contributed by atoms with Gasteiger partial charge in [0.15, 0.2) is 0 Å². The van der Waals surface area contributed by atoms with Crippen LogP contribution in [-0.4, -0.2) is 25.1 Å². The summed E-state index contributed by atoms with van der Waals surface area (Å²) in [6.07, 6.45) is 1.58. The van der Waals surface area contributed by atoms with Crippen molar-refractivity contribution in [3.8, 4) is 5.75 Å². The minimum atomic E-state index is -0.359. The van der Waals surface area contributed by atoms with Crippen molar-refractivity contribution < 1.29 is 14.3 Å². The molecular formula is C27H23N3O3. The summed E-state index contributed by atoms with van der Waals surface area (Å²) in [4.78, 5) is 25.0. The highest BCUT2D eigenvalue weighted by molar-refractivity contribution is 6.06. The molecule has 0 atom stereocenters. The van der Waals surface area contributed by atoms with Crippen LogP contribution in [0.4, 0.5) is 5.69 Å². The number of nitrogens with zero attached hydrogens (tertiary/aromatic N) is 1. The maximum Gasteiger partial charge on any atom is 0.271 e. The molecule has 0 unspecified atom stereocenters. The fourth-order valence-corrected chi connectivity index (χ4v) is 3.54. The summed E-state index contributed by atoms with van der Waals surface area (Å²) in [5.74, 6) is 0.113. The molecule has 6 heteroatoms. The summed E-state index contributed by atoms with van der Waals surface area (Å²) in [7, 11) is 1.60. The number of rotatable bonds is 6. The van der Waals surface area contributed by atoms with Crippen molar-refractivity contribution in [2.24, 2.45) is 5.10 Å². The van der Waals surface area contributed by atoms with Gasteiger partial charge < -0.3 is 10.1 Å². The molecule has 0 aromatic heterocycles. The molecule has 4 aromatic carbocycles. The number of anilines is 1. The van der Waals surface area contributed by atoms with E-state index in [2.05, 4.69) is 15.8 Å². The third kappa shape index (κ3) is 4.91. The predicted molar refractivity (Wildman–Crippen MR) is 131 cm³/mol. The average molecular weight is 437 g/mol. The lowest BCUT2D eigenvalue weighted by molar-refractivity contribution is 0.0954. The van der Waals surface area contributed by atoms with Crippen LogP contribution >= 0.6 is 0 Å². The molecule has 0 bridgehead atoms. The summed E-state index contributed by atoms with van der Waals surface area (Å²) < 4.78 is 5.44. The molecule has 33 heavy (non-hydrogen) atoms. The van der Waals surface area contributed by atoms with Crippen molar-refractivity contribution in [2.75, 3.05) is 12.4 Å². The van der Waals surface area contributed by atoms with Gasteiger partial charge in [0.1, 0.15) is 5.75 Å². The van der Waals surface area contributed by atoms with Gasteiger partial charge in [-0.05, 0) is 59.7 Å². The van der Waals surface area contributed by atoms with Gasteiger partial charge in [0, 0.05) is 22.4 Å². The Labute approximate surface area is 191 Å². The number of amides is 2. The summed E-state index contributed by atoms with van der Waals surface area (Å²) in [5.41, 5.74) is 5.85. The van der Waals surface area contributed by atoms with Crippen LogP contribution in [0.3, 0.4) is 0 Å². The zero-order valence-electron chi connectivity index (χ0n) is 18.3. The molecule has 2 N–H and O–H groups in total. The number of hydrogen-bond donors (Lipinski definition) is 2. The van der Waals surface area contributed by atoms with E-state index in [0.717, 1.165) is 21.9 Å². The van der Waals surface area contributed by atoms with Crippen LogP contribution in [0, 0.1) is 6.92 Å². The number of hydrazone groups is 1. The maximum absolute atomic E-state index is 12.5. The molecule has 0 spiro atoms. The van der Waals surface area contributed by atoms with Crippen molar-refractivity contribution in [3.05, 3.63) is 107 Å². The highest BCUT2D eigenvalue weighted by atomic mass is 16.5. The van der Waals surface area contributed by atoms with E-state index in [0.29, 0.717) is 22.6 Å². The molecule has 0 aliphatic carbocycles. The van der Waals surface area contributed by atoms with E-state index in [-0.39, 0.29) is 11.8 Å². The largest absolute Gasteiger partial charge is 0.496 e. The molecule has 0 aliphatic rings. The third-order valence-electron chi connectivity index (χ3n) is 5.30. The van der Waals surface area contributed by atoms with Crippen molar-refractivity contribution >= 4 is 34.5 Å². The number of nitrogens with one attached hydrogen (secondary N) is 2. The van der Waals surface area contributed by atoms with Gasteiger partial charge in [-0.15, -0.1) is 0 Å². The van der Waals surface area contributed by atoms with Crippen LogP contribution < -0.4 is 15.5 Å². The highest BCUT2D eigenvalue weighted by Crippen LogP contribution is 2.26. The number of carbonyl (C=O) groups excluding carboxylic acids is 2. The molecule has 0 saturated heterocycles. The Morgan fingerprint density at radius 2 is 1.58 bits per heavy atom. The lowest BCUT2D eigenvalue weighted by atomic mass is 10.0. The Morgan fingerprint density at radius 3 is 2.33 bits per heavy atom. The predicted octanol–water partition coefficient (Wildman–Crippen LogP) is 5.17. The SMILES string of the molecule is COc1ccc2ccccc2c1C=NNC(=O)c1ccc(NC(=O)c2ccccc2C)cc1. The first-order valence-corrected chi connectivity index (χ1v) is 10.4. The summed E-state index contributed by atoms with van der Waals surface area (Å²) in [6, 6.07) is 25.7. The maximum atomic E-state index is 12.5. The van der Waals surface area contributed by atoms with Gasteiger partial charge in [-0.2, -0.15) is 5.10 Å². The Hall–Kier alpha value is -4.45. The third-order valence-corrected chi connectivity index (χ3v) is 5.30. The van der Waals surface area contributed by atoms with Crippen molar-refractivity contribution in [1.29, 1.82) is 0 Å². The van der Waals surface area contributed by atoms with E-state index in [1.165, 1.54) is 0 Å². The Morgan fingerprint density at radius 1 is 0.848 bits per heavy atom. The monoisotopic (exact) mass is 437 g/mol. The molecule has 4 aromatic rings. The molecule has 4 rings (SSSR count). The second-order valence-corrected chi connectivity index (χ2v) is 7.45. The van der Waals surface area contributed by atoms with Gasteiger partial charge in [0.2, 0.25) is 0 Å². The van der Waals surface area contributed by atoms with E-state index in [9.17, 15) is 9.59 Å². The number of ether oxygens (including phenoxy) is 1. The highest BCUT2D eigenvalue weighted by Gasteiger charge is 2.10. The first-order chi connectivity index (χ1) is 16.1. The van der Waals surface area contributed by atoms with Gasteiger partial charge in [-0.25, -0.2) is 5.43 Å². The van der Waals surface area contributed by atoms with Gasteiger partial charge >= 0.3 is 0 Å². The average Bonchev–Trinajstić information content (AvgIpc) is 2.84. The first-order valence-electron chi connectivity index (χ1n) is 10.4. The van der Waals surface area contributed by atoms with Crippen LogP contribution in [-0.2, 0) is 0 Å². The molecule has 0 fully saturated rings. The van der Waals surface area contributed by atoms with Gasteiger partial charge in [-0.1, -0.05) is 48.5 Å². The second-order valence-electron chi connectivity index (χ2n) is 7.45. The molecule has 0 radical (unpaired) electrons. The molecule has 0 saturated carbocycles. The van der Waals surface area contributed by atoms with Gasteiger partial charge in [0.05, 0.1) is 13.3 Å². The van der Waals surface area contributed by atoms with E-state index in [1.54, 1.807) is 43.7 Å². The molecule has 164 valence electrons. The van der Waals surface area contributed by atoms with Crippen LogP contribution in [0.5, 0.6) is 5.75 Å². The fraction of sp³-hybridized carbons (Fsp3) is 0.0741. The molecule has 2 amide bonds. The van der Waals surface area contributed by atoms with E-state index < -0.39 is 0 Å². The molecular weight excluding hydrogens is 414 g/mol. The van der Waals surface area contributed by atoms with Crippen LogP contribution in [0.2, 0.25) is 0 Å². The standard InChI is InChI=1S/C27H23N3O3/c1-18-7-3-5-9-22(18)27(32)29-21-14-11-20(12-15-21)26(31)30-28-17-24-23-10-6-4-8-19(23)13-16-25(24)33-2/h3-17H,1-2H3,(H,29,32)(H,30,31). The van der Waals surface area contributed by atoms with E-state index >= 15 is 0 Å². The Bertz CT molecular complexity index is 1340. The van der Waals surface area contributed by atoms with Gasteiger partial charge in [-0.3, -0.25) is 9.59 Å². The minimum absolute atomic E-state index is 0.195. The van der Waals surface area contributed by atoms with Crippen LogP contribution in [0.25, 0.3) is 10.8 Å². The van der Waals surface area contributed by atoms with E-state index in [4.69, 9.17) is 4.74 Å². The molecule has 0 heterocycles. The lowest BCUT2D eigenvalue weighted by Crippen LogP contribution is -2.18. The van der Waals surface area contributed by atoms with Crippen molar-refractivity contribution in [3.63, 3.8) is 0 Å². The number of carbonyl (C=O) groups is 2. The number of benzene rings is 4. The summed E-state index contributed by atoms with van der Waals surface area (Å²) in [6.45, 7) is 1.89. The molecule has 6 nitrogen and oxygen atoms in total. The van der Waals surface area contributed by atoms with Crippen LogP contribution in [0.15, 0.2) is 90.0 Å². The second kappa shape index (κ2) is 9.78. The number of fused-ring (bicyclic) bond motifs is 1. The van der Waals surface area contributed by atoms with Crippen molar-refractivity contribution in [2.45, 2.75) is 6.92 Å². The normalized spacial score (nSPS) is 10.8. The van der Waals surface area contributed by atoms with Gasteiger partial charge in [0.25, 0.3) is 11.8 Å². The summed E-state index contributed by atoms with van der Waals surface area (Å²) >= 11 is 0. The first kappa shape index (κ1) is 21.8. The molecule has 0 aliphatic heterocycles. The zero-order valence-corrected chi connectivity index (χ0v) is 18.3. The number of methoxy groups -OCH3 is 1.